The highest BCUT2D eigenvalue weighted by molar-refractivity contribution is 6.31. The molecule has 1 N–H and O–H groups in total. The van der Waals surface area contributed by atoms with Gasteiger partial charge in [0.25, 0.3) is 0 Å². The summed E-state index contributed by atoms with van der Waals surface area (Å²) in [6, 6.07) is 9.66. The summed E-state index contributed by atoms with van der Waals surface area (Å²) in [6.45, 7) is 7.61. The lowest BCUT2D eigenvalue weighted by molar-refractivity contribution is -0.120. The molecule has 8 heteroatoms. The van der Waals surface area contributed by atoms with Crippen LogP contribution in [0.3, 0.4) is 0 Å². The van der Waals surface area contributed by atoms with Gasteiger partial charge in [-0.3, -0.25) is 4.79 Å². The van der Waals surface area contributed by atoms with Crippen molar-refractivity contribution in [1.29, 1.82) is 0 Å². The Bertz CT molecular complexity index is 1270. The molecule has 1 saturated heterocycles. The number of nitrogens with one attached hydrogen (secondary N) is 1. The zero-order valence-corrected chi connectivity index (χ0v) is 22.3. The van der Waals surface area contributed by atoms with Gasteiger partial charge in [-0.1, -0.05) is 42.8 Å². The first-order valence-electron chi connectivity index (χ1n) is 13.4. The predicted octanol–water partition coefficient (Wildman–Crippen LogP) is 5.51. The van der Waals surface area contributed by atoms with Crippen LogP contribution in [0, 0.1) is 5.92 Å². The molecule has 37 heavy (non-hydrogen) atoms. The van der Waals surface area contributed by atoms with Crippen LogP contribution in [0.15, 0.2) is 54.4 Å². The highest BCUT2D eigenvalue weighted by Gasteiger charge is 2.28. The second kappa shape index (κ2) is 12.0. The van der Waals surface area contributed by atoms with Crippen molar-refractivity contribution in [3.05, 3.63) is 65.0 Å². The number of aromatic nitrogens is 3. The summed E-state index contributed by atoms with van der Waals surface area (Å²) in [4.78, 5) is 32.0. The molecule has 1 fully saturated rings. The first-order valence-corrected chi connectivity index (χ1v) is 13.8. The number of pyridine rings is 1. The highest BCUT2D eigenvalue weighted by Crippen LogP contribution is 2.30. The smallest absolute Gasteiger partial charge is 0.223 e. The van der Waals surface area contributed by atoms with Gasteiger partial charge in [-0.05, 0) is 68.5 Å². The zero-order chi connectivity index (χ0) is 25.6. The molecule has 2 aromatic heterocycles. The van der Waals surface area contributed by atoms with E-state index in [1.165, 1.54) is 0 Å². The number of halogens is 1. The number of allylic oxidation sites excluding steroid dienone is 1. The number of benzene rings is 1. The molecule has 1 aromatic carbocycles. The summed E-state index contributed by atoms with van der Waals surface area (Å²) in [5, 5.41) is 4.92. The van der Waals surface area contributed by atoms with Crippen molar-refractivity contribution < 1.29 is 4.79 Å². The Hall–Kier alpha value is -3.03. The predicted molar refractivity (Wildman–Crippen MR) is 150 cm³/mol. The fourth-order valence-corrected chi connectivity index (χ4v) is 5.58. The van der Waals surface area contributed by atoms with Gasteiger partial charge in [0, 0.05) is 49.5 Å². The molecule has 7 nitrogen and oxygen atoms in total. The summed E-state index contributed by atoms with van der Waals surface area (Å²) in [5.41, 5.74) is 2.90. The number of rotatable bonds is 7. The molecule has 4 heterocycles. The largest absolute Gasteiger partial charge is 0.356 e. The molecule has 0 aliphatic carbocycles. The van der Waals surface area contributed by atoms with Crippen LogP contribution in [-0.4, -0.2) is 58.4 Å². The van der Waals surface area contributed by atoms with E-state index in [4.69, 9.17) is 16.6 Å². The van der Waals surface area contributed by atoms with Gasteiger partial charge in [-0.2, -0.15) is 0 Å². The number of anilines is 2. The summed E-state index contributed by atoms with van der Waals surface area (Å²) in [5.74, 6) is 1.93. The quantitative estimate of drug-likeness (QED) is 0.442. The van der Waals surface area contributed by atoms with E-state index in [1.54, 1.807) is 6.20 Å². The lowest BCUT2D eigenvalue weighted by atomic mass is 9.86. The number of piperidine rings is 1. The van der Waals surface area contributed by atoms with Gasteiger partial charge in [0.2, 0.25) is 5.95 Å². The van der Waals surface area contributed by atoms with Crippen molar-refractivity contribution in [3.63, 3.8) is 0 Å². The molecule has 2 aliphatic heterocycles. The minimum atomic E-state index is 0.107. The van der Waals surface area contributed by atoms with Crippen LogP contribution < -0.4 is 10.2 Å². The van der Waals surface area contributed by atoms with E-state index >= 15 is 0 Å². The van der Waals surface area contributed by atoms with Crippen LogP contribution in [0.25, 0.3) is 10.9 Å². The van der Waals surface area contributed by atoms with E-state index in [0.29, 0.717) is 18.3 Å². The second-order valence-corrected chi connectivity index (χ2v) is 10.3. The van der Waals surface area contributed by atoms with Gasteiger partial charge in [-0.25, -0.2) is 15.0 Å². The van der Waals surface area contributed by atoms with Crippen LogP contribution in [0.2, 0.25) is 5.02 Å². The average Bonchev–Trinajstić information content (AvgIpc) is 2.92. The maximum atomic E-state index is 13.3. The first kappa shape index (κ1) is 25.6. The molecule has 3 aromatic rings. The van der Waals surface area contributed by atoms with Crippen LogP contribution >= 0.6 is 11.6 Å². The van der Waals surface area contributed by atoms with E-state index in [-0.39, 0.29) is 5.92 Å². The second-order valence-electron chi connectivity index (χ2n) is 9.89. The maximum Gasteiger partial charge on any atom is 0.223 e. The lowest BCUT2D eigenvalue weighted by Crippen LogP contribution is -2.37. The minimum absolute atomic E-state index is 0.107. The van der Waals surface area contributed by atoms with Gasteiger partial charge in [0.15, 0.2) is 5.78 Å². The van der Waals surface area contributed by atoms with Gasteiger partial charge in [0.1, 0.15) is 5.82 Å². The SMILES string of the molecule is CCN1CCC=C(C(=O)C2CCN(c3nccc4nc(NCc5ccccc5Cl)ncc34)CC2)CCC1. The molecular weight excluding hydrogens is 484 g/mol. The maximum absolute atomic E-state index is 13.3. The van der Waals surface area contributed by atoms with Crippen molar-refractivity contribution in [2.75, 3.05) is 42.9 Å². The summed E-state index contributed by atoms with van der Waals surface area (Å²) in [7, 11) is 0. The third-order valence-corrected chi connectivity index (χ3v) is 7.94. The Morgan fingerprint density at radius 1 is 1.11 bits per heavy atom. The van der Waals surface area contributed by atoms with Crippen molar-refractivity contribution >= 4 is 40.1 Å². The van der Waals surface area contributed by atoms with Gasteiger partial charge >= 0.3 is 0 Å². The number of carbonyl (C=O) groups excluding carboxylic acids is 1. The third kappa shape index (κ3) is 6.11. The number of ketones is 1. The molecule has 5 rings (SSSR count). The van der Waals surface area contributed by atoms with Gasteiger partial charge < -0.3 is 15.1 Å². The van der Waals surface area contributed by atoms with E-state index in [1.807, 2.05) is 36.5 Å². The molecule has 0 amide bonds. The molecule has 194 valence electrons. The summed E-state index contributed by atoms with van der Waals surface area (Å²) < 4.78 is 0. The van der Waals surface area contributed by atoms with E-state index in [9.17, 15) is 4.79 Å². The molecule has 0 bridgehead atoms. The highest BCUT2D eigenvalue weighted by atomic mass is 35.5. The topological polar surface area (TPSA) is 74.2 Å². The number of carbonyl (C=O) groups is 1. The molecule has 0 saturated carbocycles. The van der Waals surface area contributed by atoms with E-state index < -0.39 is 0 Å². The number of nitrogens with zero attached hydrogens (tertiary/aromatic N) is 5. The van der Waals surface area contributed by atoms with Crippen LogP contribution in [0.4, 0.5) is 11.8 Å². The third-order valence-electron chi connectivity index (χ3n) is 7.57. The fourth-order valence-electron chi connectivity index (χ4n) is 5.38. The van der Waals surface area contributed by atoms with Crippen molar-refractivity contribution in [2.45, 2.75) is 45.6 Å². The molecule has 0 atom stereocenters. The Morgan fingerprint density at radius 2 is 1.95 bits per heavy atom. The van der Waals surface area contributed by atoms with Crippen LogP contribution in [-0.2, 0) is 11.3 Å². The zero-order valence-electron chi connectivity index (χ0n) is 21.5. The lowest BCUT2D eigenvalue weighted by Gasteiger charge is -2.33. The number of fused-ring (bicyclic) bond motifs is 1. The summed E-state index contributed by atoms with van der Waals surface area (Å²) in [6.07, 6.45) is 10.5. The normalized spacial score (nSPS) is 17.8. The number of hydrogen-bond donors (Lipinski definition) is 1. The minimum Gasteiger partial charge on any atom is -0.356 e. The van der Waals surface area contributed by atoms with E-state index in [2.05, 4.69) is 38.1 Å². The Kier molecular flexibility index (Phi) is 8.31. The van der Waals surface area contributed by atoms with Crippen molar-refractivity contribution in [1.82, 2.24) is 19.9 Å². The van der Waals surface area contributed by atoms with Gasteiger partial charge in [-0.15, -0.1) is 0 Å². The van der Waals surface area contributed by atoms with Crippen LogP contribution in [0.1, 0.15) is 44.6 Å². The van der Waals surface area contributed by atoms with Gasteiger partial charge in [0.05, 0.1) is 10.9 Å². The standard InChI is InChI=1S/C29H35ClN6O/c1-2-35-15-5-8-21(9-6-16-35)27(37)22-12-17-36(18-13-22)28-24-20-33-29(34-26(24)11-14-31-28)32-19-23-7-3-4-10-25(23)30/h3-4,7-8,10-11,14,20,22H,2,5-6,9,12-13,15-19H2,1H3,(H,32,33,34). The Morgan fingerprint density at radius 3 is 2.76 bits per heavy atom. The van der Waals surface area contributed by atoms with Crippen LogP contribution in [0.5, 0.6) is 0 Å². The van der Waals surface area contributed by atoms with Crippen molar-refractivity contribution in [2.24, 2.45) is 5.92 Å². The fraction of sp³-hybridized carbons (Fsp3) is 0.448. The number of hydrogen-bond acceptors (Lipinski definition) is 7. The number of Topliss-reactive ketones (excluding diaryl/α,β-unsaturated/α-hetero) is 1. The van der Waals surface area contributed by atoms with Crippen molar-refractivity contribution in [3.8, 4) is 0 Å². The molecule has 0 radical (unpaired) electrons. The molecular formula is C29H35ClN6O. The molecule has 0 unspecified atom stereocenters. The summed E-state index contributed by atoms with van der Waals surface area (Å²) >= 11 is 6.27. The Balaban J connectivity index is 1.22. The first-order chi connectivity index (χ1) is 18.1. The molecule has 0 spiro atoms. The monoisotopic (exact) mass is 518 g/mol. The van der Waals surface area contributed by atoms with E-state index in [0.717, 1.165) is 97.7 Å². The molecule has 2 aliphatic rings. The Labute approximate surface area is 224 Å². The average molecular weight is 519 g/mol.